The standard InChI is InChI=1S/C17H18N2O2/c20-16-13-8-4-5-9-15(13)18-11-14(16)17(21)19-10-12-6-2-1-3-7-12/h1-3,6-8,11,14-15H,4-5,9-10H2,(H,19,21). The van der Waals surface area contributed by atoms with E-state index < -0.39 is 5.92 Å². The van der Waals surface area contributed by atoms with Crippen LogP contribution >= 0.6 is 0 Å². The number of carbonyl (C=O) groups excluding carboxylic acids is 2. The molecule has 1 aromatic rings. The summed E-state index contributed by atoms with van der Waals surface area (Å²) in [7, 11) is 0. The van der Waals surface area contributed by atoms with Crippen molar-refractivity contribution in [3.8, 4) is 0 Å². The molecule has 0 spiro atoms. The lowest BCUT2D eigenvalue weighted by atomic mass is 9.84. The molecule has 0 aromatic heterocycles. The van der Waals surface area contributed by atoms with Gasteiger partial charge in [-0.3, -0.25) is 14.6 Å². The molecule has 21 heavy (non-hydrogen) atoms. The molecule has 2 atom stereocenters. The van der Waals surface area contributed by atoms with Gasteiger partial charge >= 0.3 is 0 Å². The van der Waals surface area contributed by atoms with Gasteiger partial charge in [-0.05, 0) is 24.8 Å². The molecule has 0 saturated heterocycles. The molecule has 0 fully saturated rings. The van der Waals surface area contributed by atoms with E-state index in [9.17, 15) is 9.59 Å². The fourth-order valence-corrected chi connectivity index (χ4v) is 2.80. The lowest BCUT2D eigenvalue weighted by Crippen LogP contribution is -2.41. The lowest BCUT2D eigenvalue weighted by molar-refractivity contribution is -0.129. The molecule has 2 aliphatic rings. The second kappa shape index (κ2) is 6.04. The van der Waals surface area contributed by atoms with E-state index in [-0.39, 0.29) is 17.7 Å². The number of fused-ring (bicyclic) bond motifs is 1. The van der Waals surface area contributed by atoms with E-state index in [1.165, 1.54) is 6.21 Å². The number of rotatable bonds is 3. The summed E-state index contributed by atoms with van der Waals surface area (Å²) in [5, 5.41) is 2.82. The number of aliphatic imine (C=N–C) groups is 1. The van der Waals surface area contributed by atoms with Crippen LogP contribution < -0.4 is 5.32 Å². The van der Waals surface area contributed by atoms with E-state index in [2.05, 4.69) is 10.3 Å². The molecule has 2 unspecified atom stereocenters. The van der Waals surface area contributed by atoms with Gasteiger partial charge in [-0.25, -0.2) is 0 Å². The Balaban J connectivity index is 1.66. The Bertz CT molecular complexity index is 604. The molecule has 1 heterocycles. The van der Waals surface area contributed by atoms with Crippen LogP contribution in [0.2, 0.25) is 0 Å². The van der Waals surface area contributed by atoms with E-state index >= 15 is 0 Å². The Hall–Kier alpha value is -2.23. The van der Waals surface area contributed by atoms with Gasteiger partial charge in [0.15, 0.2) is 5.78 Å². The first-order valence-corrected chi connectivity index (χ1v) is 7.35. The zero-order valence-corrected chi connectivity index (χ0v) is 11.8. The second-order valence-corrected chi connectivity index (χ2v) is 5.45. The van der Waals surface area contributed by atoms with Crippen LogP contribution in [0.25, 0.3) is 0 Å². The summed E-state index contributed by atoms with van der Waals surface area (Å²) in [6.45, 7) is 0.430. The summed E-state index contributed by atoms with van der Waals surface area (Å²) in [6.07, 6.45) is 6.35. The van der Waals surface area contributed by atoms with Gasteiger partial charge in [0.05, 0.1) is 6.04 Å². The third-order valence-corrected chi connectivity index (χ3v) is 3.98. The molecular formula is C17H18N2O2. The Morgan fingerprint density at radius 2 is 2.10 bits per heavy atom. The second-order valence-electron chi connectivity index (χ2n) is 5.45. The first-order chi connectivity index (χ1) is 10.3. The molecule has 1 N–H and O–H groups in total. The Morgan fingerprint density at radius 3 is 2.90 bits per heavy atom. The van der Waals surface area contributed by atoms with Crippen molar-refractivity contribution >= 4 is 17.9 Å². The highest BCUT2D eigenvalue weighted by Crippen LogP contribution is 2.27. The van der Waals surface area contributed by atoms with Crippen LogP contribution in [-0.4, -0.2) is 23.9 Å². The minimum atomic E-state index is -0.769. The smallest absolute Gasteiger partial charge is 0.236 e. The minimum Gasteiger partial charge on any atom is -0.351 e. The highest BCUT2D eigenvalue weighted by Gasteiger charge is 2.35. The van der Waals surface area contributed by atoms with Crippen molar-refractivity contribution in [1.82, 2.24) is 5.32 Å². The number of Topliss-reactive ketones (excluding diaryl/α,β-unsaturated/α-hetero) is 1. The van der Waals surface area contributed by atoms with Gasteiger partial charge in [-0.2, -0.15) is 0 Å². The summed E-state index contributed by atoms with van der Waals surface area (Å²) >= 11 is 0. The van der Waals surface area contributed by atoms with E-state index in [1.54, 1.807) is 0 Å². The number of ketones is 1. The van der Waals surface area contributed by atoms with E-state index in [1.807, 2.05) is 36.4 Å². The average Bonchev–Trinajstić information content (AvgIpc) is 2.54. The summed E-state index contributed by atoms with van der Waals surface area (Å²) in [6, 6.07) is 9.63. The van der Waals surface area contributed by atoms with Crippen molar-refractivity contribution in [2.45, 2.75) is 31.8 Å². The van der Waals surface area contributed by atoms with Crippen molar-refractivity contribution in [3.63, 3.8) is 0 Å². The highest BCUT2D eigenvalue weighted by molar-refractivity contribution is 6.21. The van der Waals surface area contributed by atoms with Crippen molar-refractivity contribution < 1.29 is 9.59 Å². The van der Waals surface area contributed by atoms with Gasteiger partial charge < -0.3 is 5.32 Å². The lowest BCUT2D eigenvalue weighted by Gasteiger charge is -2.26. The largest absolute Gasteiger partial charge is 0.351 e. The molecule has 0 radical (unpaired) electrons. The zero-order valence-electron chi connectivity index (χ0n) is 11.8. The van der Waals surface area contributed by atoms with E-state index in [4.69, 9.17) is 0 Å². The van der Waals surface area contributed by atoms with Gasteiger partial charge in [0.25, 0.3) is 0 Å². The molecule has 3 rings (SSSR count). The molecule has 1 aliphatic carbocycles. The predicted molar refractivity (Wildman–Crippen MR) is 81.0 cm³/mol. The number of carbonyl (C=O) groups is 2. The summed E-state index contributed by atoms with van der Waals surface area (Å²) in [4.78, 5) is 29.0. The number of nitrogens with zero attached hydrogens (tertiary/aromatic N) is 1. The topological polar surface area (TPSA) is 58.5 Å². The van der Waals surface area contributed by atoms with E-state index in [0.717, 1.165) is 30.4 Å². The van der Waals surface area contributed by atoms with Crippen LogP contribution in [0, 0.1) is 5.92 Å². The maximum Gasteiger partial charge on any atom is 0.236 e. The van der Waals surface area contributed by atoms with Crippen LogP contribution in [0.5, 0.6) is 0 Å². The van der Waals surface area contributed by atoms with Gasteiger partial charge in [0.2, 0.25) is 5.91 Å². The first-order valence-electron chi connectivity index (χ1n) is 7.35. The normalized spacial score (nSPS) is 24.2. The number of hydrogen-bond donors (Lipinski definition) is 1. The van der Waals surface area contributed by atoms with Crippen LogP contribution in [0.15, 0.2) is 47.0 Å². The molecule has 0 bridgehead atoms. The van der Waals surface area contributed by atoms with Gasteiger partial charge in [-0.15, -0.1) is 0 Å². The van der Waals surface area contributed by atoms with E-state index in [0.29, 0.717) is 6.54 Å². The Morgan fingerprint density at radius 1 is 1.29 bits per heavy atom. The van der Waals surface area contributed by atoms with Crippen molar-refractivity contribution in [2.24, 2.45) is 10.9 Å². The first kappa shape index (κ1) is 13.7. The van der Waals surface area contributed by atoms with Gasteiger partial charge in [0.1, 0.15) is 5.92 Å². The molecule has 4 heteroatoms. The monoisotopic (exact) mass is 282 g/mol. The van der Waals surface area contributed by atoms with Crippen LogP contribution in [-0.2, 0) is 16.1 Å². The number of benzene rings is 1. The molecule has 1 amide bonds. The Labute approximate surface area is 124 Å². The fraction of sp³-hybridized carbons (Fsp3) is 0.353. The highest BCUT2D eigenvalue weighted by atomic mass is 16.2. The maximum absolute atomic E-state index is 12.4. The quantitative estimate of drug-likeness (QED) is 0.863. The summed E-state index contributed by atoms with van der Waals surface area (Å²) < 4.78 is 0. The number of nitrogens with one attached hydrogen (secondary N) is 1. The van der Waals surface area contributed by atoms with Crippen LogP contribution in [0.3, 0.4) is 0 Å². The predicted octanol–water partition coefficient (Wildman–Crippen LogP) is 2.05. The SMILES string of the molecule is O=C(NCc1ccccc1)C1C=NC2CCCC=C2C1=O. The molecule has 108 valence electrons. The Kier molecular flexibility index (Phi) is 3.95. The third-order valence-electron chi connectivity index (χ3n) is 3.98. The van der Waals surface area contributed by atoms with Crippen molar-refractivity contribution in [3.05, 3.63) is 47.5 Å². The van der Waals surface area contributed by atoms with Crippen LogP contribution in [0.1, 0.15) is 24.8 Å². The number of amides is 1. The maximum atomic E-state index is 12.4. The molecule has 1 aromatic carbocycles. The number of allylic oxidation sites excluding steroid dienone is 1. The third kappa shape index (κ3) is 2.94. The van der Waals surface area contributed by atoms with Crippen molar-refractivity contribution in [2.75, 3.05) is 0 Å². The minimum absolute atomic E-state index is 0.0237. The average molecular weight is 282 g/mol. The number of hydrogen-bond acceptors (Lipinski definition) is 3. The molecule has 0 saturated carbocycles. The molecule has 1 aliphatic heterocycles. The fourth-order valence-electron chi connectivity index (χ4n) is 2.80. The zero-order chi connectivity index (χ0) is 14.7. The summed E-state index contributed by atoms with van der Waals surface area (Å²) in [5.41, 5.74) is 1.74. The van der Waals surface area contributed by atoms with Crippen LogP contribution in [0.4, 0.5) is 0 Å². The molecular weight excluding hydrogens is 264 g/mol. The van der Waals surface area contributed by atoms with Gasteiger partial charge in [0, 0.05) is 18.3 Å². The molecule has 4 nitrogen and oxygen atoms in total. The summed E-state index contributed by atoms with van der Waals surface area (Å²) in [5.74, 6) is -1.12. The van der Waals surface area contributed by atoms with Gasteiger partial charge in [-0.1, -0.05) is 36.4 Å². The van der Waals surface area contributed by atoms with Crippen molar-refractivity contribution in [1.29, 1.82) is 0 Å².